The maximum absolute atomic E-state index is 12.8. The van der Waals surface area contributed by atoms with Gasteiger partial charge < -0.3 is 68.5 Å². The highest BCUT2D eigenvalue weighted by molar-refractivity contribution is 7.91. The second-order valence-corrected chi connectivity index (χ2v) is 28.9. The Bertz CT molecular complexity index is 5140. The van der Waals surface area contributed by atoms with Crippen LogP contribution < -0.4 is 68.5 Å². The minimum atomic E-state index is -3.65. The Hall–Kier alpha value is -12.0. The first-order valence-corrected chi connectivity index (χ1v) is 38.1. The summed E-state index contributed by atoms with van der Waals surface area (Å²) in [6.07, 6.45) is 18.1. The van der Waals surface area contributed by atoms with Crippen LogP contribution in [-0.2, 0) is 22.7 Å². The largest absolute Gasteiger partial charge is 0.493 e. The molecule has 1 unspecified atom stereocenters. The summed E-state index contributed by atoms with van der Waals surface area (Å²) in [4.78, 5) is 68.1. The van der Waals surface area contributed by atoms with Crippen LogP contribution in [0.5, 0.6) is 34.5 Å². The van der Waals surface area contributed by atoms with Crippen molar-refractivity contribution in [2.24, 2.45) is 5.92 Å². The van der Waals surface area contributed by atoms with E-state index in [1.54, 1.807) is 77.8 Å². The van der Waals surface area contributed by atoms with Crippen molar-refractivity contribution in [2.75, 3.05) is 169 Å². The molecule has 17 rings (SSSR count). The van der Waals surface area contributed by atoms with Gasteiger partial charge in [-0.2, -0.15) is 0 Å². The monoisotopic (exact) mass is 1490 g/mol. The average Bonchev–Trinajstić information content (AvgIpc) is 1.76. The summed E-state index contributed by atoms with van der Waals surface area (Å²) in [6, 6.07) is 40.7. The maximum Gasteiger partial charge on any atom is 0.225 e. The molecule has 12 aromatic rings. The molecule has 109 heavy (non-hydrogen) atoms. The van der Waals surface area contributed by atoms with Crippen molar-refractivity contribution >= 4 is 77.8 Å². The third-order valence-corrected chi connectivity index (χ3v) is 21.7. The van der Waals surface area contributed by atoms with E-state index in [1.165, 1.54) is 23.5 Å². The van der Waals surface area contributed by atoms with Gasteiger partial charge in [0.2, 0.25) is 27.7 Å². The Balaban J connectivity index is 0.000000130. The lowest BCUT2D eigenvalue weighted by molar-refractivity contribution is 0.193. The zero-order chi connectivity index (χ0) is 74.5. The molecule has 5 aliphatic rings. The van der Waals surface area contributed by atoms with E-state index < -0.39 is 9.84 Å². The summed E-state index contributed by atoms with van der Waals surface area (Å²) < 4.78 is 60.0. The number of nitrogens with one attached hydrogen (secondary N) is 2. The zero-order valence-electron chi connectivity index (χ0n) is 61.3. The van der Waals surface area contributed by atoms with Gasteiger partial charge >= 0.3 is 0 Å². The third kappa shape index (κ3) is 16.9. The zero-order valence-corrected chi connectivity index (χ0v) is 62.2. The lowest BCUT2D eigenvalue weighted by atomic mass is 10.1. The Morgan fingerprint density at radius 2 is 0.743 bits per heavy atom. The summed E-state index contributed by atoms with van der Waals surface area (Å²) in [5.41, 5.74) is 7.21. The molecule has 28 nitrogen and oxygen atoms in total. The molecule has 0 amide bonds. The quantitative estimate of drug-likeness (QED) is 0.0680. The normalized spacial score (nSPS) is 16.1. The van der Waals surface area contributed by atoms with Gasteiger partial charge in [-0.3, -0.25) is 0 Å². The first-order chi connectivity index (χ1) is 53.5. The first-order valence-electron chi connectivity index (χ1n) is 36.6. The van der Waals surface area contributed by atoms with Gasteiger partial charge in [-0.25, -0.2) is 68.2 Å². The number of aromatic nitrogens is 12. The second kappa shape index (κ2) is 33.9. The van der Waals surface area contributed by atoms with E-state index in [1.807, 2.05) is 78.2 Å². The molecule has 11 heterocycles. The highest BCUT2D eigenvalue weighted by Gasteiger charge is 2.29. The van der Waals surface area contributed by atoms with E-state index in [9.17, 15) is 8.42 Å². The summed E-state index contributed by atoms with van der Waals surface area (Å²) in [5.74, 6) is 9.34. The van der Waals surface area contributed by atoms with Crippen molar-refractivity contribution in [1.82, 2.24) is 70.4 Å². The van der Waals surface area contributed by atoms with E-state index in [0.717, 1.165) is 182 Å². The van der Waals surface area contributed by atoms with E-state index in [4.69, 9.17) is 28.4 Å². The number of ether oxygens (including phenoxy) is 6. The number of rotatable bonds is 21. The summed E-state index contributed by atoms with van der Waals surface area (Å²) in [6.45, 7) is 13.7. The summed E-state index contributed by atoms with van der Waals surface area (Å²) in [5, 5.41) is 9.46. The van der Waals surface area contributed by atoms with E-state index in [0.29, 0.717) is 67.7 Å². The Labute approximate surface area is 632 Å². The number of methoxy groups -OCH3 is 4. The number of piperazine rings is 3. The smallest absolute Gasteiger partial charge is 0.225 e. The molecule has 0 spiro atoms. The van der Waals surface area contributed by atoms with Gasteiger partial charge in [0.15, 0.2) is 34.5 Å². The fourth-order valence-corrected chi connectivity index (χ4v) is 15.1. The topological polar surface area (TPSA) is 288 Å². The van der Waals surface area contributed by atoms with E-state index in [2.05, 4.69) is 143 Å². The van der Waals surface area contributed by atoms with Gasteiger partial charge in [0.1, 0.15) is 47.4 Å². The lowest BCUT2D eigenvalue weighted by Gasteiger charge is -2.35. The van der Waals surface area contributed by atoms with Crippen molar-refractivity contribution in [1.29, 1.82) is 0 Å². The molecule has 6 aromatic carbocycles. The predicted octanol–water partition coefficient (Wildman–Crippen LogP) is 8.63. The highest BCUT2D eigenvalue weighted by atomic mass is 32.2. The number of nitrogens with zero attached hydrogens (tertiary/aromatic N) is 18. The van der Waals surface area contributed by atoms with Crippen LogP contribution in [-0.4, -0.2) is 214 Å². The van der Waals surface area contributed by atoms with Crippen LogP contribution in [0.1, 0.15) is 28.7 Å². The molecule has 0 bridgehead atoms. The van der Waals surface area contributed by atoms with Crippen LogP contribution in [0.25, 0.3) is 32.7 Å². The lowest BCUT2D eigenvalue weighted by Crippen LogP contribution is -2.47. The number of benzene rings is 6. The van der Waals surface area contributed by atoms with Gasteiger partial charge in [-0.1, -0.05) is 78.9 Å². The highest BCUT2D eigenvalue weighted by Crippen LogP contribution is 2.40. The number of sulfone groups is 1. The minimum Gasteiger partial charge on any atom is -0.493 e. The number of hydrogen-bond donors (Lipinski definition) is 2. The van der Waals surface area contributed by atoms with Crippen LogP contribution in [0.15, 0.2) is 193 Å². The molecule has 0 saturated carbocycles. The molecule has 6 aromatic heterocycles. The van der Waals surface area contributed by atoms with Crippen molar-refractivity contribution < 1.29 is 36.8 Å². The fourth-order valence-electron chi connectivity index (χ4n) is 13.9. The molecule has 5 aliphatic heterocycles. The van der Waals surface area contributed by atoms with Gasteiger partial charge in [0.05, 0.1) is 68.9 Å². The fraction of sp³-hybridized carbons (Fsp3) is 0.325. The molecule has 5 fully saturated rings. The molecule has 0 aliphatic carbocycles. The third-order valence-electron chi connectivity index (χ3n) is 20.0. The van der Waals surface area contributed by atoms with Gasteiger partial charge in [-0.05, 0) is 65.6 Å². The van der Waals surface area contributed by atoms with E-state index >= 15 is 0 Å². The first kappa shape index (κ1) is 72.6. The molecular weight excluding hydrogens is 1400 g/mol. The number of hydrogen-bond acceptors (Lipinski definition) is 28. The Morgan fingerprint density at radius 1 is 0.376 bits per heavy atom. The van der Waals surface area contributed by atoms with Crippen LogP contribution in [0.4, 0.5) is 35.3 Å². The van der Waals surface area contributed by atoms with Gasteiger partial charge in [-0.15, -0.1) is 0 Å². The SMILES string of the molecule is COc1cc2ncnc(N3CCN(c4ncc(Cc5ccccc5)cn4)CC3)c2cc1OC1CCNC1.COc1cc2ncnc(N3CCN(c4ncc(Cc5ccccc5)cn4)CC3)c2cc1OCC1CNC1.COc1cc2ncnc(N3CCN(c4ncc(S(=O)(=O)c5ccccc5)cn4)CC3)c2cc1OC. The number of fused-ring (bicyclic) bond motifs is 3. The van der Waals surface area contributed by atoms with Crippen LogP contribution in [0.3, 0.4) is 0 Å². The molecule has 2 N–H and O–H groups in total. The second-order valence-electron chi connectivity index (χ2n) is 27.0. The van der Waals surface area contributed by atoms with Gasteiger partial charge in [0.25, 0.3) is 0 Å². The average molecular weight is 1490 g/mol. The molecule has 5 saturated heterocycles. The van der Waals surface area contributed by atoms with Crippen molar-refractivity contribution in [3.8, 4) is 34.5 Å². The van der Waals surface area contributed by atoms with Crippen LogP contribution in [0.2, 0.25) is 0 Å². The Morgan fingerprint density at radius 3 is 1.14 bits per heavy atom. The van der Waals surface area contributed by atoms with Crippen molar-refractivity contribution in [2.45, 2.75) is 35.2 Å². The van der Waals surface area contributed by atoms with Crippen molar-refractivity contribution in [3.05, 3.63) is 206 Å². The van der Waals surface area contributed by atoms with Crippen LogP contribution >= 0.6 is 0 Å². The number of anilines is 6. The molecule has 560 valence electrons. The Kier molecular flexibility index (Phi) is 22.6. The van der Waals surface area contributed by atoms with Gasteiger partial charge in [0, 0.05) is 176 Å². The predicted molar refractivity (Wildman–Crippen MR) is 418 cm³/mol. The maximum atomic E-state index is 12.8. The van der Waals surface area contributed by atoms with Crippen molar-refractivity contribution in [3.63, 3.8) is 0 Å². The standard InChI is InChI=1S/2C28H31N7O2.C24H24N6O4S/c1-36-25-13-24-23(12-26(25)37-18-22-14-29-15-22)27(33-19-32-24)34-7-9-35(10-8-34)28-30-16-21(17-31-28)11-20-5-3-2-4-6-20;1-36-25-15-24-23(14-26(25)37-22-7-8-29-18-22)27(33-19-32-24)34-9-11-35(12-10-34)28-30-16-21(17-31-28)13-20-5-3-2-4-6-20;1-33-21-12-19-20(13-22(21)34-2)27-16-28-23(19)29-8-10-30(11-9-29)24-25-14-18(15-26-24)35(31,32)17-6-4-3-5-7-17/h2-6,12-13,16-17,19,22,29H,7-11,14-15,18H2,1H3;2-6,14-17,19,22,29H,7-13,18H2,1H3;3-7,12-16H,8-11H2,1-2H3. The molecule has 1 atom stereocenters. The molecular formula is C80H86N20O8S. The van der Waals surface area contributed by atoms with Crippen LogP contribution in [0, 0.1) is 5.92 Å². The molecule has 29 heteroatoms. The minimum absolute atomic E-state index is 0.0721. The van der Waals surface area contributed by atoms with E-state index in [-0.39, 0.29) is 15.9 Å². The molecule has 0 radical (unpaired) electrons. The summed E-state index contributed by atoms with van der Waals surface area (Å²) >= 11 is 0. The summed E-state index contributed by atoms with van der Waals surface area (Å²) in [7, 11) is 2.87.